The zero-order valence-corrected chi connectivity index (χ0v) is 11.6. The molecule has 0 aliphatic carbocycles. The highest BCUT2D eigenvalue weighted by molar-refractivity contribution is 6.31. The van der Waals surface area contributed by atoms with Crippen molar-refractivity contribution in [1.29, 1.82) is 0 Å². The molecule has 2 rings (SSSR count). The Morgan fingerprint density at radius 3 is 2.67 bits per heavy atom. The van der Waals surface area contributed by atoms with Gasteiger partial charge >= 0.3 is 0 Å². The maximum Gasteiger partial charge on any atom is 0.0798 e. The van der Waals surface area contributed by atoms with Crippen LogP contribution in [0.4, 0.5) is 0 Å². The fourth-order valence-corrected chi connectivity index (χ4v) is 2.72. The van der Waals surface area contributed by atoms with Crippen LogP contribution in [0.25, 0.3) is 0 Å². The molecule has 0 aromatic heterocycles. The molecule has 100 valence electrons. The number of aliphatic hydroxyl groups is 1. The van der Waals surface area contributed by atoms with Gasteiger partial charge in [-0.3, -0.25) is 4.90 Å². The summed E-state index contributed by atoms with van der Waals surface area (Å²) in [6.45, 7) is 3.27. The minimum Gasteiger partial charge on any atom is -0.388 e. The lowest BCUT2D eigenvalue weighted by Crippen LogP contribution is -2.48. The molecule has 1 saturated heterocycles. The summed E-state index contributed by atoms with van der Waals surface area (Å²) in [7, 11) is 2.03. The van der Waals surface area contributed by atoms with Gasteiger partial charge in [0.25, 0.3) is 0 Å². The van der Waals surface area contributed by atoms with Crippen molar-refractivity contribution >= 4 is 11.6 Å². The van der Waals surface area contributed by atoms with Gasteiger partial charge in [-0.05, 0) is 44.6 Å². The van der Waals surface area contributed by atoms with Crippen LogP contribution in [0, 0.1) is 0 Å². The van der Waals surface area contributed by atoms with Crippen LogP contribution in [0.1, 0.15) is 18.4 Å². The van der Waals surface area contributed by atoms with Gasteiger partial charge in [-0.1, -0.05) is 29.8 Å². The lowest BCUT2D eigenvalue weighted by Gasteiger charge is -2.36. The Morgan fingerprint density at radius 2 is 2.00 bits per heavy atom. The molecule has 4 heteroatoms. The molecule has 0 bridgehead atoms. The molecule has 3 nitrogen and oxygen atoms in total. The number of hydrogen-bond donors (Lipinski definition) is 2. The number of halogens is 1. The first-order valence-electron chi connectivity index (χ1n) is 6.44. The molecule has 0 spiro atoms. The first kappa shape index (κ1) is 13.8. The lowest BCUT2D eigenvalue weighted by atomic mass is 9.92. The Hall–Kier alpha value is -0.610. The van der Waals surface area contributed by atoms with Gasteiger partial charge in [0.1, 0.15) is 0 Å². The third-order valence-corrected chi connectivity index (χ3v) is 3.87. The summed E-state index contributed by atoms with van der Waals surface area (Å²) in [5.41, 5.74) is 0.556. The van der Waals surface area contributed by atoms with Gasteiger partial charge < -0.3 is 10.4 Å². The van der Waals surface area contributed by atoms with Crippen LogP contribution in [-0.4, -0.2) is 42.3 Å². The van der Waals surface area contributed by atoms with Crippen molar-refractivity contribution in [3.05, 3.63) is 34.9 Å². The molecule has 1 aliphatic heterocycles. The van der Waals surface area contributed by atoms with Gasteiger partial charge in [-0.15, -0.1) is 0 Å². The van der Waals surface area contributed by atoms with Crippen LogP contribution < -0.4 is 5.32 Å². The number of likely N-dealkylation sites (N-methyl/N-ethyl adjacent to an activating group) is 1. The number of rotatable bonds is 4. The molecular weight excluding hydrogens is 248 g/mol. The molecule has 1 aromatic carbocycles. The second kappa shape index (κ2) is 6.02. The third-order valence-electron chi connectivity index (χ3n) is 3.50. The highest BCUT2D eigenvalue weighted by Crippen LogP contribution is 2.21. The van der Waals surface area contributed by atoms with Gasteiger partial charge in [-0.25, -0.2) is 0 Å². The number of benzene rings is 1. The van der Waals surface area contributed by atoms with Gasteiger partial charge in [0.15, 0.2) is 0 Å². The fraction of sp³-hybridized carbons (Fsp3) is 0.571. The second-order valence-corrected chi connectivity index (χ2v) is 5.65. The van der Waals surface area contributed by atoms with E-state index < -0.39 is 5.60 Å². The van der Waals surface area contributed by atoms with E-state index in [4.69, 9.17) is 11.6 Å². The number of nitrogens with one attached hydrogen (secondary N) is 1. The summed E-state index contributed by atoms with van der Waals surface area (Å²) in [4.78, 5) is 2.15. The van der Waals surface area contributed by atoms with Crippen LogP contribution in [0.5, 0.6) is 0 Å². The van der Waals surface area contributed by atoms with E-state index in [1.807, 2.05) is 31.3 Å². The van der Waals surface area contributed by atoms with E-state index in [1.54, 1.807) is 0 Å². The standard InChI is InChI=1S/C14H21ClN2O/c1-17(10-12-4-2-3-5-13(12)15)11-14(18)6-8-16-9-7-14/h2-5,16,18H,6-11H2,1H3. The summed E-state index contributed by atoms with van der Waals surface area (Å²) >= 11 is 6.15. The average Bonchev–Trinajstić information content (AvgIpc) is 2.32. The smallest absolute Gasteiger partial charge is 0.0798 e. The van der Waals surface area contributed by atoms with E-state index in [0.29, 0.717) is 6.54 Å². The average molecular weight is 269 g/mol. The van der Waals surface area contributed by atoms with Crippen molar-refractivity contribution in [2.75, 3.05) is 26.7 Å². The predicted molar refractivity (Wildman–Crippen MR) is 74.8 cm³/mol. The Morgan fingerprint density at radius 1 is 1.33 bits per heavy atom. The van der Waals surface area contributed by atoms with Gasteiger partial charge in [0.05, 0.1) is 5.60 Å². The van der Waals surface area contributed by atoms with Crippen LogP contribution in [0.15, 0.2) is 24.3 Å². The van der Waals surface area contributed by atoms with E-state index in [0.717, 1.165) is 43.1 Å². The Balaban J connectivity index is 1.92. The largest absolute Gasteiger partial charge is 0.388 e. The molecule has 0 radical (unpaired) electrons. The van der Waals surface area contributed by atoms with Crippen molar-refractivity contribution in [3.63, 3.8) is 0 Å². The van der Waals surface area contributed by atoms with E-state index in [2.05, 4.69) is 10.2 Å². The van der Waals surface area contributed by atoms with Crippen molar-refractivity contribution in [2.45, 2.75) is 25.0 Å². The van der Waals surface area contributed by atoms with Gasteiger partial charge in [-0.2, -0.15) is 0 Å². The topological polar surface area (TPSA) is 35.5 Å². The zero-order chi connectivity index (χ0) is 13.0. The third kappa shape index (κ3) is 3.69. The molecular formula is C14H21ClN2O. The van der Waals surface area contributed by atoms with Crippen molar-refractivity contribution < 1.29 is 5.11 Å². The maximum absolute atomic E-state index is 10.5. The molecule has 1 aliphatic rings. The molecule has 0 unspecified atom stereocenters. The Labute approximate surface area is 114 Å². The zero-order valence-electron chi connectivity index (χ0n) is 10.8. The summed E-state index contributed by atoms with van der Waals surface area (Å²) in [6.07, 6.45) is 1.64. The quantitative estimate of drug-likeness (QED) is 0.875. The van der Waals surface area contributed by atoms with E-state index >= 15 is 0 Å². The number of hydrogen-bond acceptors (Lipinski definition) is 3. The summed E-state index contributed by atoms with van der Waals surface area (Å²) in [5.74, 6) is 0. The van der Waals surface area contributed by atoms with Gasteiger partial charge in [0, 0.05) is 18.1 Å². The van der Waals surface area contributed by atoms with E-state index in [1.165, 1.54) is 0 Å². The van der Waals surface area contributed by atoms with Crippen LogP contribution >= 0.6 is 11.6 Å². The van der Waals surface area contributed by atoms with Crippen molar-refractivity contribution in [3.8, 4) is 0 Å². The number of nitrogens with zero attached hydrogens (tertiary/aromatic N) is 1. The fourth-order valence-electron chi connectivity index (χ4n) is 2.53. The molecule has 1 fully saturated rings. The molecule has 1 heterocycles. The molecule has 0 saturated carbocycles. The van der Waals surface area contributed by atoms with Crippen molar-refractivity contribution in [2.24, 2.45) is 0 Å². The highest BCUT2D eigenvalue weighted by atomic mass is 35.5. The molecule has 1 aromatic rings. The normalized spacial score (nSPS) is 19.1. The molecule has 0 amide bonds. The minimum atomic E-state index is -0.554. The Kier molecular flexibility index (Phi) is 4.62. The van der Waals surface area contributed by atoms with Crippen molar-refractivity contribution in [1.82, 2.24) is 10.2 Å². The minimum absolute atomic E-state index is 0.554. The summed E-state index contributed by atoms with van der Waals surface area (Å²) in [6, 6.07) is 7.87. The van der Waals surface area contributed by atoms with E-state index in [9.17, 15) is 5.11 Å². The highest BCUT2D eigenvalue weighted by Gasteiger charge is 2.30. The summed E-state index contributed by atoms with van der Waals surface area (Å²) in [5, 5.41) is 14.5. The predicted octanol–water partition coefficient (Wildman–Crippen LogP) is 1.89. The van der Waals surface area contributed by atoms with E-state index in [-0.39, 0.29) is 0 Å². The molecule has 18 heavy (non-hydrogen) atoms. The van der Waals surface area contributed by atoms with Crippen LogP contribution in [0.2, 0.25) is 5.02 Å². The molecule has 2 N–H and O–H groups in total. The summed E-state index contributed by atoms with van der Waals surface area (Å²) < 4.78 is 0. The van der Waals surface area contributed by atoms with Gasteiger partial charge in [0.2, 0.25) is 0 Å². The van der Waals surface area contributed by atoms with Crippen LogP contribution in [0.3, 0.4) is 0 Å². The maximum atomic E-state index is 10.5. The Bertz CT molecular complexity index is 391. The molecule has 0 atom stereocenters. The first-order chi connectivity index (χ1) is 8.59. The van der Waals surface area contributed by atoms with Crippen LogP contribution in [-0.2, 0) is 6.54 Å². The second-order valence-electron chi connectivity index (χ2n) is 5.24. The monoisotopic (exact) mass is 268 g/mol. The SMILES string of the molecule is CN(Cc1ccccc1Cl)CC1(O)CCNCC1. The first-order valence-corrected chi connectivity index (χ1v) is 6.82. The number of piperidine rings is 1. The lowest BCUT2D eigenvalue weighted by molar-refractivity contribution is -0.0168.